The molecular formula is C13H8Cl4N2O2. The first-order valence-corrected chi connectivity index (χ1v) is 7.21. The molecule has 0 saturated carbocycles. The van der Waals surface area contributed by atoms with Crippen LogP contribution in [-0.4, -0.2) is 4.92 Å². The summed E-state index contributed by atoms with van der Waals surface area (Å²) in [5, 5.41) is 15.0. The van der Waals surface area contributed by atoms with Gasteiger partial charge in [0, 0.05) is 28.9 Å². The fraction of sp³-hybridized carbons (Fsp3) is 0.0769. The Bertz CT molecular complexity index is 707. The van der Waals surface area contributed by atoms with Crippen LogP contribution >= 0.6 is 46.4 Å². The van der Waals surface area contributed by atoms with Crippen LogP contribution in [-0.2, 0) is 6.54 Å². The summed E-state index contributed by atoms with van der Waals surface area (Å²) in [7, 11) is 0. The molecule has 0 unspecified atom stereocenters. The van der Waals surface area contributed by atoms with E-state index < -0.39 is 4.92 Å². The fourth-order valence-electron chi connectivity index (χ4n) is 1.69. The van der Waals surface area contributed by atoms with E-state index in [9.17, 15) is 10.1 Å². The Kier molecular flexibility index (Phi) is 5.17. The van der Waals surface area contributed by atoms with E-state index in [1.807, 2.05) is 0 Å². The molecule has 0 radical (unpaired) electrons. The number of rotatable bonds is 4. The molecule has 0 aliphatic carbocycles. The Morgan fingerprint density at radius 1 is 1.00 bits per heavy atom. The molecule has 0 bridgehead atoms. The van der Waals surface area contributed by atoms with Crippen LogP contribution in [0.5, 0.6) is 0 Å². The van der Waals surface area contributed by atoms with Gasteiger partial charge in [-0.25, -0.2) is 0 Å². The molecule has 2 rings (SSSR count). The molecule has 0 saturated heterocycles. The molecule has 0 fully saturated rings. The van der Waals surface area contributed by atoms with Crippen LogP contribution in [0.4, 0.5) is 11.4 Å². The predicted octanol–water partition coefficient (Wildman–Crippen LogP) is 5.82. The zero-order valence-corrected chi connectivity index (χ0v) is 13.4. The SMILES string of the molecule is O=[N+]([O-])c1ccc(NCc2c(Cl)ccc(Cl)c2Cl)cc1Cl. The number of anilines is 1. The van der Waals surface area contributed by atoms with Crippen LogP contribution in [0.25, 0.3) is 0 Å². The van der Waals surface area contributed by atoms with Crippen molar-refractivity contribution in [2.45, 2.75) is 6.54 Å². The molecule has 110 valence electrons. The van der Waals surface area contributed by atoms with Crippen molar-refractivity contribution in [1.82, 2.24) is 0 Å². The maximum absolute atomic E-state index is 10.7. The number of nitro groups is 1. The Morgan fingerprint density at radius 3 is 2.29 bits per heavy atom. The van der Waals surface area contributed by atoms with Crippen molar-refractivity contribution in [2.24, 2.45) is 0 Å². The monoisotopic (exact) mass is 364 g/mol. The minimum absolute atomic E-state index is 0.0493. The van der Waals surface area contributed by atoms with Crippen molar-refractivity contribution >= 4 is 57.8 Å². The van der Waals surface area contributed by atoms with Crippen LogP contribution in [0.2, 0.25) is 20.1 Å². The van der Waals surface area contributed by atoms with Crippen LogP contribution in [0.15, 0.2) is 30.3 Å². The van der Waals surface area contributed by atoms with Crippen molar-refractivity contribution in [1.29, 1.82) is 0 Å². The molecule has 0 amide bonds. The van der Waals surface area contributed by atoms with Crippen molar-refractivity contribution < 1.29 is 4.92 Å². The molecule has 4 nitrogen and oxygen atoms in total. The summed E-state index contributed by atoms with van der Waals surface area (Å²) in [4.78, 5) is 10.1. The average Bonchev–Trinajstić information content (AvgIpc) is 2.43. The van der Waals surface area contributed by atoms with E-state index in [1.165, 1.54) is 12.1 Å². The predicted molar refractivity (Wildman–Crippen MR) is 86.9 cm³/mol. The maximum atomic E-state index is 10.7. The van der Waals surface area contributed by atoms with Crippen molar-refractivity contribution in [3.63, 3.8) is 0 Å². The highest BCUT2D eigenvalue weighted by Crippen LogP contribution is 2.32. The molecule has 2 aromatic carbocycles. The van der Waals surface area contributed by atoms with Gasteiger partial charge >= 0.3 is 0 Å². The highest BCUT2D eigenvalue weighted by Gasteiger charge is 2.13. The molecular weight excluding hydrogens is 358 g/mol. The van der Waals surface area contributed by atoms with Crippen molar-refractivity contribution in [2.75, 3.05) is 5.32 Å². The Labute approximate surface area is 140 Å². The van der Waals surface area contributed by atoms with Gasteiger partial charge in [-0.15, -0.1) is 0 Å². The van der Waals surface area contributed by atoms with Gasteiger partial charge in [0.2, 0.25) is 0 Å². The van der Waals surface area contributed by atoms with E-state index in [2.05, 4.69) is 5.32 Å². The Morgan fingerprint density at radius 2 is 1.67 bits per heavy atom. The summed E-state index contributed by atoms with van der Waals surface area (Å²) in [5.74, 6) is 0. The lowest BCUT2D eigenvalue weighted by molar-refractivity contribution is -0.384. The maximum Gasteiger partial charge on any atom is 0.288 e. The number of nitrogens with one attached hydrogen (secondary N) is 1. The Balaban J connectivity index is 2.19. The van der Waals surface area contributed by atoms with E-state index in [1.54, 1.807) is 18.2 Å². The van der Waals surface area contributed by atoms with Crippen LogP contribution < -0.4 is 5.32 Å². The highest BCUT2D eigenvalue weighted by molar-refractivity contribution is 6.44. The quantitative estimate of drug-likeness (QED) is 0.421. The zero-order valence-electron chi connectivity index (χ0n) is 10.4. The van der Waals surface area contributed by atoms with E-state index >= 15 is 0 Å². The minimum atomic E-state index is -0.545. The van der Waals surface area contributed by atoms with E-state index in [0.29, 0.717) is 32.9 Å². The van der Waals surface area contributed by atoms with Crippen LogP contribution in [0.3, 0.4) is 0 Å². The third-order valence-corrected chi connectivity index (χ3v) is 4.25. The van der Waals surface area contributed by atoms with Gasteiger partial charge in [-0.05, 0) is 24.3 Å². The average molecular weight is 366 g/mol. The first kappa shape index (κ1) is 16.2. The van der Waals surface area contributed by atoms with E-state index in [0.717, 1.165) is 0 Å². The van der Waals surface area contributed by atoms with E-state index in [-0.39, 0.29) is 10.7 Å². The highest BCUT2D eigenvalue weighted by atomic mass is 35.5. The number of nitrogens with zero attached hydrogens (tertiary/aromatic N) is 1. The van der Waals surface area contributed by atoms with Gasteiger partial charge in [-0.1, -0.05) is 46.4 Å². The molecule has 0 aliphatic rings. The molecule has 0 heterocycles. The van der Waals surface area contributed by atoms with Gasteiger partial charge in [0.15, 0.2) is 0 Å². The second-order valence-electron chi connectivity index (χ2n) is 4.10. The number of halogens is 4. The summed E-state index contributed by atoms with van der Waals surface area (Å²) >= 11 is 23.9. The lowest BCUT2D eigenvalue weighted by Gasteiger charge is -2.11. The summed E-state index contributed by atoms with van der Waals surface area (Å²) in [6.45, 7) is 0.312. The smallest absolute Gasteiger partial charge is 0.288 e. The summed E-state index contributed by atoms with van der Waals surface area (Å²) in [5.41, 5.74) is 1.10. The van der Waals surface area contributed by atoms with Crippen molar-refractivity contribution in [3.8, 4) is 0 Å². The molecule has 21 heavy (non-hydrogen) atoms. The molecule has 0 atom stereocenters. The summed E-state index contributed by atoms with van der Waals surface area (Å²) < 4.78 is 0. The first-order valence-electron chi connectivity index (χ1n) is 5.70. The van der Waals surface area contributed by atoms with Gasteiger partial charge < -0.3 is 5.32 Å². The van der Waals surface area contributed by atoms with Gasteiger partial charge in [0.05, 0.1) is 15.0 Å². The third kappa shape index (κ3) is 3.71. The lowest BCUT2D eigenvalue weighted by atomic mass is 10.2. The van der Waals surface area contributed by atoms with Crippen LogP contribution in [0.1, 0.15) is 5.56 Å². The van der Waals surface area contributed by atoms with Crippen LogP contribution in [0, 0.1) is 10.1 Å². The van der Waals surface area contributed by atoms with Crippen molar-refractivity contribution in [3.05, 3.63) is 66.1 Å². The standard InChI is InChI=1S/C13H8Cl4N2O2/c14-9-2-3-10(15)13(17)8(9)6-18-7-1-4-12(19(20)21)11(16)5-7/h1-5,18H,6H2. The largest absolute Gasteiger partial charge is 0.381 e. The summed E-state index contributed by atoms with van der Waals surface area (Å²) in [6, 6.07) is 7.60. The first-order chi connectivity index (χ1) is 9.90. The van der Waals surface area contributed by atoms with Gasteiger partial charge in [-0.3, -0.25) is 10.1 Å². The lowest BCUT2D eigenvalue weighted by Crippen LogP contribution is -2.01. The molecule has 2 aromatic rings. The second kappa shape index (κ2) is 6.71. The number of hydrogen-bond donors (Lipinski definition) is 1. The van der Waals surface area contributed by atoms with Gasteiger partial charge in [0.25, 0.3) is 5.69 Å². The number of hydrogen-bond acceptors (Lipinski definition) is 3. The second-order valence-corrected chi connectivity index (χ2v) is 5.70. The molecule has 1 N–H and O–H groups in total. The number of nitro benzene ring substituents is 1. The molecule has 8 heteroatoms. The fourth-order valence-corrected chi connectivity index (χ4v) is 2.62. The topological polar surface area (TPSA) is 55.2 Å². The third-order valence-electron chi connectivity index (χ3n) is 2.75. The minimum Gasteiger partial charge on any atom is -0.381 e. The number of benzene rings is 2. The molecule has 0 aromatic heterocycles. The molecule has 0 spiro atoms. The van der Waals surface area contributed by atoms with Gasteiger partial charge in [0.1, 0.15) is 5.02 Å². The summed E-state index contributed by atoms with van der Waals surface area (Å²) in [6.07, 6.45) is 0. The van der Waals surface area contributed by atoms with Gasteiger partial charge in [-0.2, -0.15) is 0 Å². The normalized spacial score (nSPS) is 10.5. The molecule has 0 aliphatic heterocycles. The Hall–Kier alpha value is -1.20. The zero-order chi connectivity index (χ0) is 15.6. The van der Waals surface area contributed by atoms with E-state index in [4.69, 9.17) is 46.4 Å².